The minimum Gasteiger partial charge on any atom is -0.456 e. The van der Waals surface area contributed by atoms with Crippen LogP contribution in [-0.2, 0) is 5.54 Å². The van der Waals surface area contributed by atoms with E-state index in [1.807, 2.05) is 92.6 Å². The van der Waals surface area contributed by atoms with Crippen molar-refractivity contribution in [1.82, 2.24) is 5.01 Å². The second-order valence-corrected chi connectivity index (χ2v) is 9.24. The first kappa shape index (κ1) is 19.9. The fourth-order valence-electron chi connectivity index (χ4n) is 4.58. The van der Waals surface area contributed by atoms with E-state index in [1.165, 1.54) is 5.01 Å². The van der Waals surface area contributed by atoms with E-state index in [1.54, 1.807) is 0 Å². The maximum absolute atomic E-state index is 13.3. The molecule has 6 nitrogen and oxygen atoms in total. The number of hydrazine groups is 1. The van der Waals surface area contributed by atoms with Gasteiger partial charge in [0.15, 0.2) is 0 Å². The molecule has 0 fully saturated rings. The second kappa shape index (κ2) is 6.73. The van der Waals surface area contributed by atoms with Gasteiger partial charge in [-0.3, -0.25) is 9.80 Å². The van der Waals surface area contributed by atoms with Gasteiger partial charge in [-0.15, -0.1) is 0 Å². The number of carbonyl (C=O) groups excluding carboxylic acids is 1. The highest BCUT2D eigenvalue weighted by atomic mass is 79.9. The van der Waals surface area contributed by atoms with E-state index in [9.17, 15) is 4.79 Å². The van der Waals surface area contributed by atoms with Crippen LogP contribution in [0.25, 0.3) is 0 Å². The van der Waals surface area contributed by atoms with Crippen LogP contribution in [0.4, 0.5) is 11.4 Å². The lowest BCUT2D eigenvalue weighted by Crippen LogP contribution is -2.51. The highest BCUT2D eigenvalue weighted by Crippen LogP contribution is 2.57. The number of benzene rings is 3. The van der Waals surface area contributed by atoms with Crippen LogP contribution in [0.3, 0.4) is 0 Å². The minimum absolute atomic E-state index is 0.219. The molecule has 1 amide bonds. The molecule has 0 radical (unpaired) electrons. The van der Waals surface area contributed by atoms with Gasteiger partial charge >= 0.3 is 0 Å². The Hall–Kier alpha value is -3.03. The Morgan fingerprint density at radius 1 is 0.839 bits per heavy atom. The van der Waals surface area contributed by atoms with E-state index in [0.717, 1.165) is 32.5 Å². The normalized spacial score (nSPS) is 15.3. The van der Waals surface area contributed by atoms with Crippen molar-refractivity contribution in [2.45, 2.75) is 5.54 Å². The maximum atomic E-state index is 13.3. The van der Waals surface area contributed by atoms with Crippen LogP contribution in [0, 0.1) is 0 Å². The molecule has 0 saturated carbocycles. The summed E-state index contributed by atoms with van der Waals surface area (Å²) >= 11 is 3.49. The average Bonchev–Trinajstić information content (AvgIpc) is 2.95. The molecule has 0 aliphatic carbocycles. The van der Waals surface area contributed by atoms with Crippen molar-refractivity contribution in [3.8, 4) is 11.5 Å². The number of rotatable bonds is 2. The van der Waals surface area contributed by atoms with Crippen LogP contribution < -0.4 is 20.4 Å². The molecule has 3 aromatic rings. The SMILES string of the molecule is CN(C)c1ccc2c(c1)Oc1cc(N(C)C)ccc1C21c2ccc(Br)cc2C(=O)N1N. The van der Waals surface area contributed by atoms with E-state index < -0.39 is 5.54 Å². The van der Waals surface area contributed by atoms with Crippen LogP contribution in [0.2, 0.25) is 0 Å². The van der Waals surface area contributed by atoms with Crippen molar-refractivity contribution in [3.63, 3.8) is 0 Å². The summed E-state index contributed by atoms with van der Waals surface area (Å²) in [5.41, 5.74) is 4.18. The molecule has 158 valence electrons. The van der Waals surface area contributed by atoms with E-state index in [2.05, 4.69) is 15.9 Å². The van der Waals surface area contributed by atoms with Gasteiger partial charge in [0.1, 0.15) is 17.0 Å². The Bertz CT molecular complexity index is 1180. The molecule has 0 bridgehead atoms. The van der Waals surface area contributed by atoms with Gasteiger partial charge in [-0.05, 0) is 24.3 Å². The predicted molar refractivity (Wildman–Crippen MR) is 126 cm³/mol. The first-order valence-corrected chi connectivity index (χ1v) is 10.7. The highest BCUT2D eigenvalue weighted by molar-refractivity contribution is 9.10. The lowest BCUT2D eigenvalue weighted by Gasteiger charge is -2.42. The van der Waals surface area contributed by atoms with Crippen molar-refractivity contribution in [3.05, 3.63) is 81.3 Å². The average molecular weight is 479 g/mol. The predicted octanol–water partition coefficient (Wildman–Crippen LogP) is 4.31. The Morgan fingerprint density at radius 3 is 1.87 bits per heavy atom. The Labute approximate surface area is 189 Å². The topological polar surface area (TPSA) is 62.0 Å². The molecule has 7 heteroatoms. The van der Waals surface area contributed by atoms with Gasteiger partial charge < -0.3 is 14.5 Å². The number of ether oxygens (including phenoxy) is 1. The standard InChI is InChI=1S/C24H23BrN4O2/c1-27(2)15-6-9-19-21(12-15)31-22-13-16(28(3)4)7-10-20(22)24(19)18-8-5-14(25)11-17(18)23(30)29(24)26/h5-13H,26H2,1-4H3. The zero-order chi connectivity index (χ0) is 22.1. The molecule has 0 atom stereocenters. The third-order valence-corrected chi connectivity index (χ3v) is 6.64. The van der Waals surface area contributed by atoms with Crippen LogP contribution in [-0.4, -0.2) is 39.1 Å². The lowest BCUT2D eigenvalue weighted by molar-refractivity contribution is 0.0665. The highest BCUT2D eigenvalue weighted by Gasteiger charge is 2.55. The molecule has 31 heavy (non-hydrogen) atoms. The zero-order valence-corrected chi connectivity index (χ0v) is 19.4. The van der Waals surface area contributed by atoms with E-state index in [0.29, 0.717) is 17.1 Å². The number of hydrogen-bond donors (Lipinski definition) is 1. The second-order valence-electron chi connectivity index (χ2n) is 8.33. The van der Waals surface area contributed by atoms with E-state index in [4.69, 9.17) is 10.6 Å². The van der Waals surface area contributed by atoms with E-state index >= 15 is 0 Å². The summed E-state index contributed by atoms with van der Waals surface area (Å²) in [4.78, 5) is 17.4. The number of nitrogens with zero attached hydrogens (tertiary/aromatic N) is 3. The summed E-state index contributed by atoms with van der Waals surface area (Å²) in [5.74, 6) is 7.76. The fraction of sp³-hybridized carbons (Fsp3) is 0.208. The Morgan fingerprint density at radius 2 is 1.35 bits per heavy atom. The smallest absolute Gasteiger partial charge is 0.269 e. The molecule has 1 spiro atoms. The summed E-state index contributed by atoms with van der Waals surface area (Å²) in [6, 6.07) is 17.8. The van der Waals surface area contributed by atoms with Gasteiger partial charge in [0.05, 0.1) is 0 Å². The lowest BCUT2D eigenvalue weighted by atomic mass is 9.75. The first-order chi connectivity index (χ1) is 14.7. The third kappa shape index (κ3) is 2.63. The van der Waals surface area contributed by atoms with Crippen LogP contribution in [0.15, 0.2) is 59.1 Å². The number of hydrogen-bond acceptors (Lipinski definition) is 5. The van der Waals surface area contributed by atoms with Gasteiger partial charge in [-0.2, -0.15) is 0 Å². The fourth-order valence-corrected chi connectivity index (χ4v) is 4.94. The van der Waals surface area contributed by atoms with Crippen LogP contribution >= 0.6 is 15.9 Å². The number of carbonyl (C=O) groups is 1. The summed E-state index contributed by atoms with van der Waals surface area (Å²) in [6.45, 7) is 0. The molecule has 0 aromatic heterocycles. The molecule has 2 N–H and O–H groups in total. The zero-order valence-electron chi connectivity index (χ0n) is 17.8. The monoisotopic (exact) mass is 478 g/mol. The number of fused-ring (bicyclic) bond motifs is 6. The Balaban J connectivity index is 1.88. The number of nitrogens with two attached hydrogens (primary N) is 1. The molecule has 5 rings (SSSR count). The van der Waals surface area contributed by atoms with Gasteiger partial charge in [0, 0.05) is 78.4 Å². The van der Waals surface area contributed by atoms with Gasteiger partial charge in [-0.25, -0.2) is 5.84 Å². The van der Waals surface area contributed by atoms with Crippen molar-refractivity contribution in [2.75, 3.05) is 38.0 Å². The largest absolute Gasteiger partial charge is 0.456 e. The summed E-state index contributed by atoms with van der Waals surface area (Å²) in [7, 11) is 7.94. The maximum Gasteiger partial charge on any atom is 0.269 e. The van der Waals surface area contributed by atoms with E-state index in [-0.39, 0.29) is 5.91 Å². The van der Waals surface area contributed by atoms with Crippen molar-refractivity contribution in [1.29, 1.82) is 0 Å². The van der Waals surface area contributed by atoms with Crippen LogP contribution in [0.5, 0.6) is 11.5 Å². The molecular weight excluding hydrogens is 456 g/mol. The van der Waals surface area contributed by atoms with Crippen molar-refractivity contribution < 1.29 is 9.53 Å². The number of halogens is 1. The summed E-state index contributed by atoms with van der Waals surface area (Å²) in [5, 5.41) is 1.36. The number of amides is 1. The first-order valence-electron chi connectivity index (χ1n) is 9.96. The molecule has 0 unspecified atom stereocenters. The molecule has 0 saturated heterocycles. The van der Waals surface area contributed by atoms with Crippen LogP contribution in [0.1, 0.15) is 27.0 Å². The molecule has 2 aliphatic rings. The molecular formula is C24H23BrN4O2. The third-order valence-electron chi connectivity index (χ3n) is 6.14. The summed E-state index contributed by atoms with van der Waals surface area (Å²) in [6.07, 6.45) is 0. The van der Waals surface area contributed by atoms with Gasteiger partial charge in [0.25, 0.3) is 5.91 Å². The number of anilines is 2. The minimum atomic E-state index is -0.967. The van der Waals surface area contributed by atoms with Crippen molar-refractivity contribution in [2.24, 2.45) is 5.84 Å². The molecule has 2 aliphatic heterocycles. The quantitative estimate of drug-likeness (QED) is 0.439. The molecule has 3 aromatic carbocycles. The Kier molecular flexibility index (Phi) is 4.32. The van der Waals surface area contributed by atoms with Gasteiger partial charge in [-0.1, -0.05) is 34.1 Å². The van der Waals surface area contributed by atoms with Crippen molar-refractivity contribution >= 4 is 33.2 Å². The van der Waals surface area contributed by atoms with Gasteiger partial charge in [0.2, 0.25) is 0 Å². The summed E-state index contributed by atoms with van der Waals surface area (Å²) < 4.78 is 7.25. The molecule has 2 heterocycles.